The first-order valence-electron chi connectivity index (χ1n) is 4.89. The number of hydrogen-bond acceptors (Lipinski definition) is 3. The molecule has 0 atom stereocenters. The van der Waals surface area contributed by atoms with Crippen molar-refractivity contribution in [2.45, 2.75) is 19.8 Å². The van der Waals surface area contributed by atoms with Gasteiger partial charge in [-0.05, 0) is 13.3 Å². The van der Waals surface area contributed by atoms with Crippen LogP contribution in [0.3, 0.4) is 0 Å². The topological polar surface area (TPSA) is 38.7 Å². The van der Waals surface area contributed by atoms with Gasteiger partial charge in [0.05, 0.1) is 5.71 Å². The highest BCUT2D eigenvalue weighted by atomic mass is 16.6. The first-order chi connectivity index (χ1) is 7.24. The molecule has 80 valence electrons. The molecule has 0 aliphatic rings. The highest BCUT2D eigenvalue weighted by molar-refractivity contribution is 5.98. The third-order valence-electron chi connectivity index (χ3n) is 2.06. The van der Waals surface area contributed by atoms with Crippen molar-refractivity contribution in [2.75, 3.05) is 7.11 Å². The molecule has 0 heterocycles. The minimum Gasteiger partial charge on any atom is -0.399 e. The summed E-state index contributed by atoms with van der Waals surface area (Å²) in [6.45, 7) is 1.85. The molecule has 0 saturated heterocycles. The molecule has 0 aliphatic heterocycles. The molecule has 0 amide bonds. The minimum absolute atomic E-state index is 0.140. The molecule has 0 bridgehead atoms. The maximum Gasteiger partial charge on any atom is 0.163 e. The highest BCUT2D eigenvalue weighted by Gasteiger charge is 2.05. The fourth-order valence-corrected chi connectivity index (χ4v) is 1.26. The number of rotatable bonds is 5. The number of nitrogens with zero attached hydrogens (tertiary/aromatic N) is 1. The van der Waals surface area contributed by atoms with Crippen LogP contribution in [0.15, 0.2) is 35.5 Å². The molecule has 0 radical (unpaired) electrons. The number of ketones is 1. The summed E-state index contributed by atoms with van der Waals surface area (Å²) in [5.41, 5.74) is 1.59. The lowest BCUT2D eigenvalue weighted by Gasteiger charge is -2.00. The predicted molar refractivity (Wildman–Crippen MR) is 60.1 cm³/mol. The van der Waals surface area contributed by atoms with E-state index < -0.39 is 0 Å². The van der Waals surface area contributed by atoms with E-state index in [1.54, 1.807) is 0 Å². The average molecular weight is 205 g/mol. The Bertz CT molecular complexity index is 344. The number of hydrogen-bond donors (Lipinski definition) is 0. The molecule has 0 aliphatic carbocycles. The van der Waals surface area contributed by atoms with Crippen molar-refractivity contribution in [3.05, 3.63) is 35.9 Å². The fourth-order valence-electron chi connectivity index (χ4n) is 1.26. The van der Waals surface area contributed by atoms with Gasteiger partial charge in [0, 0.05) is 12.0 Å². The van der Waals surface area contributed by atoms with Crippen molar-refractivity contribution in [2.24, 2.45) is 5.16 Å². The lowest BCUT2D eigenvalue weighted by atomic mass is 10.1. The average Bonchev–Trinajstić information content (AvgIpc) is 2.27. The minimum atomic E-state index is 0.140. The van der Waals surface area contributed by atoms with Crippen molar-refractivity contribution in [3.8, 4) is 0 Å². The lowest BCUT2D eigenvalue weighted by molar-refractivity contribution is 0.0984. The van der Waals surface area contributed by atoms with Crippen LogP contribution in [0.4, 0.5) is 0 Å². The van der Waals surface area contributed by atoms with E-state index in [9.17, 15) is 4.79 Å². The number of Topliss-reactive ketones (excluding diaryl/α,β-unsaturated/α-hetero) is 1. The summed E-state index contributed by atoms with van der Waals surface area (Å²) < 4.78 is 0. The Hall–Kier alpha value is -1.64. The van der Waals surface area contributed by atoms with Gasteiger partial charge in [-0.1, -0.05) is 35.5 Å². The zero-order valence-electron chi connectivity index (χ0n) is 9.06. The van der Waals surface area contributed by atoms with Gasteiger partial charge in [-0.2, -0.15) is 0 Å². The van der Waals surface area contributed by atoms with Crippen LogP contribution >= 0.6 is 0 Å². The molecule has 0 fully saturated rings. The molecule has 0 aromatic heterocycles. The summed E-state index contributed by atoms with van der Waals surface area (Å²) >= 11 is 0. The van der Waals surface area contributed by atoms with Gasteiger partial charge in [-0.3, -0.25) is 4.79 Å². The van der Waals surface area contributed by atoms with E-state index in [1.165, 1.54) is 7.11 Å². The standard InChI is InChI=1S/C12H15NO2/c1-10(13-15-2)8-9-12(14)11-6-4-3-5-7-11/h3-7H,8-9H2,1-2H3/b13-10+. The summed E-state index contributed by atoms with van der Waals surface area (Å²) in [5, 5.41) is 3.75. The van der Waals surface area contributed by atoms with Crippen molar-refractivity contribution in [1.29, 1.82) is 0 Å². The van der Waals surface area contributed by atoms with Crippen molar-refractivity contribution >= 4 is 11.5 Å². The molecule has 0 N–H and O–H groups in total. The Morgan fingerprint density at radius 2 is 1.93 bits per heavy atom. The number of benzene rings is 1. The Kier molecular flexibility index (Phi) is 4.54. The zero-order chi connectivity index (χ0) is 11.1. The normalized spacial score (nSPS) is 11.2. The van der Waals surface area contributed by atoms with E-state index in [-0.39, 0.29) is 5.78 Å². The highest BCUT2D eigenvalue weighted by Crippen LogP contribution is 2.05. The molecule has 1 aromatic carbocycles. The molecule has 0 spiro atoms. The molecule has 15 heavy (non-hydrogen) atoms. The second kappa shape index (κ2) is 5.96. The lowest BCUT2D eigenvalue weighted by Crippen LogP contribution is -2.02. The number of oxime groups is 1. The Morgan fingerprint density at radius 1 is 1.27 bits per heavy atom. The van der Waals surface area contributed by atoms with Crippen LogP contribution < -0.4 is 0 Å². The zero-order valence-corrected chi connectivity index (χ0v) is 9.06. The molecule has 1 aromatic rings. The fraction of sp³-hybridized carbons (Fsp3) is 0.333. The predicted octanol–water partition coefficient (Wildman–Crippen LogP) is 2.67. The summed E-state index contributed by atoms with van der Waals surface area (Å²) in [7, 11) is 1.50. The Labute approximate surface area is 89.7 Å². The van der Waals surface area contributed by atoms with Gasteiger partial charge in [-0.15, -0.1) is 0 Å². The largest absolute Gasteiger partial charge is 0.399 e. The first kappa shape index (κ1) is 11.4. The molecule has 3 nitrogen and oxygen atoms in total. The monoisotopic (exact) mass is 205 g/mol. The van der Waals surface area contributed by atoms with Gasteiger partial charge < -0.3 is 4.84 Å². The van der Waals surface area contributed by atoms with E-state index in [2.05, 4.69) is 9.99 Å². The molecule has 3 heteroatoms. The molecule has 0 saturated carbocycles. The third kappa shape index (κ3) is 3.94. The summed E-state index contributed by atoms with van der Waals surface area (Å²) in [4.78, 5) is 16.3. The van der Waals surface area contributed by atoms with Gasteiger partial charge in [0.1, 0.15) is 7.11 Å². The summed E-state index contributed by atoms with van der Waals surface area (Å²) in [6, 6.07) is 9.28. The van der Waals surface area contributed by atoms with E-state index in [1.807, 2.05) is 37.3 Å². The van der Waals surface area contributed by atoms with Crippen LogP contribution in [0.2, 0.25) is 0 Å². The van der Waals surface area contributed by atoms with Gasteiger partial charge in [0.15, 0.2) is 5.78 Å². The van der Waals surface area contributed by atoms with Gasteiger partial charge >= 0.3 is 0 Å². The smallest absolute Gasteiger partial charge is 0.163 e. The maximum atomic E-state index is 11.7. The second-order valence-electron chi connectivity index (χ2n) is 3.30. The van der Waals surface area contributed by atoms with Gasteiger partial charge in [-0.25, -0.2) is 0 Å². The van der Waals surface area contributed by atoms with Crippen LogP contribution in [-0.2, 0) is 4.84 Å². The molecular formula is C12H15NO2. The quantitative estimate of drug-likeness (QED) is 0.421. The van der Waals surface area contributed by atoms with E-state index in [0.29, 0.717) is 12.8 Å². The van der Waals surface area contributed by atoms with Crippen LogP contribution in [-0.4, -0.2) is 18.6 Å². The number of carbonyl (C=O) groups excluding carboxylic acids is 1. The van der Waals surface area contributed by atoms with E-state index in [4.69, 9.17) is 0 Å². The van der Waals surface area contributed by atoms with Gasteiger partial charge in [0.2, 0.25) is 0 Å². The van der Waals surface area contributed by atoms with Crippen LogP contribution in [0.1, 0.15) is 30.1 Å². The summed E-state index contributed by atoms with van der Waals surface area (Å²) in [5.74, 6) is 0.140. The molecular weight excluding hydrogens is 190 g/mol. The maximum absolute atomic E-state index is 11.7. The molecule has 0 unspecified atom stereocenters. The van der Waals surface area contributed by atoms with Crippen molar-refractivity contribution < 1.29 is 9.63 Å². The third-order valence-corrected chi connectivity index (χ3v) is 2.06. The van der Waals surface area contributed by atoms with Crippen LogP contribution in [0.25, 0.3) is 0 Å². The molecule has 1 rings (SSSR count). The van der Waals surface area contributed by atoms with Crippen molar-refractivity contribution in [1.82, 2.24) is 0 Å². The number of carbonyl (C=O) groups is 1. The Balaban J connectivity index is 2.47. The summed E-state index contributed by atoms with van der Waals surface area (Å²) in [6.07, 6.45) is 1.12. The Morgan fingerprint density at radius 3 is 2.53 bits per heavy atom. The van der Waals surface area contributed by atoms with Crippen LogP contribution in [0.5, 0.6) is 0 Å². The van der Waals surface area contributed by atoms with E-state index in [0.717, 1.165) is 11.3 Å². The van der Waals surface area contributed by atoms with Crippen LogP contribution in [0, 0.1) is 0 Å². The SMILES string of the molecule is CO/N=C(\C)CCC(=O)c1ccccc1. The van der Waals surface area contributed by atoms with E-state index >= 15 is 0 Å². The first-order valence-corrected chi connectivity index (χ1v) is 4.89. The van der Waals surface area contributed by atoms with Crippen molar-refractivity contribution in [3.63, 3.8) is 0 Å². The van der Waals surface area contributed by atoms with Gasteiger partial charge in [0.25, 0.3) is 0 Å². The second-order valence-corrected chi connectivity index (χ2v) is 3.30.